The molecule has 26 heavy (non-hydrogen) atoms. The minimum atomic E-state index is -4.95. The van der Waals surface area contributed by atoms with Crippen LogP contribution in [0.2, 0.25) is 5.02 Å². The Labute approximate surface area is 152 Å². The van der Waals surface area contributed by atoms with Crippen LogP contribution in [0.3, 0.4) is 0 Å². The molecule has 1 N–H and O–H groups in total. The summed E-state index contributed by atoms with van der Waals surface area (Å²) in [4.78, 5) is 11.5. The summed E-state index contributed by atoms with van der Waals surface area (Å²) in [5.41, 5.74) is 1.06. The number of hydrogen-bond acceptors (Lipinski definition) is 2. The third kappa shape index (κ3) is 4.06. The predicted molar refractivity (Wildman–Crippen MR) is 98.1 cm³/mol. The fourth-order valence-electron chi connectivity index (χ4n) is 2.51. The second kappa shape index (κ2) is 7.22. The summed E-state index contributed by atoms with van der Waals surface area (Å²) >= 11 is 5.85. The van der Waals surface area contributed by atoms with Crippen LogP contribution in [0.4, 0.5) is 18.9 Å². The van der Waals surface area contributed by atoms with E-state index in [4.69, 9.17) is 11.6 Å². The second-order valence-electron chi connectivity index (χ2n) is 5.58. The van der Waals surface area contributed by atoms with E-state index in [0.717, 1.165) is 10.8 Å². The largest absolute Gasteiger partial charge is 0.454 e. The molecular weight excluding hydrogens is 363 g/mol. The molecule has 0 saturated carbocycles. The van der Waals surface area contributed by atoms with Gasteiger partial charge in [0.1, 0.15) is 0 Å². The van der Waals surface area contributed by atoms with Crippen LogP contribution in [0.15, 0.2) is 72.8 Å². The van der Waals surface area contributed by atoms with Crippen LogP contribution < -0.4 is 5.32 Å². The lowest BCUT2D eigenvalue weighted by Gasteiger charge is -2.14. The molecule has 0 aliphatic rings. The molecule has 0 amide bonds. The van der Waals surface area contributed by atoms with Crippen LogP contribution in [-0.2, 0) is 4.79 Å². The molecule has 132 valence electrons. The molecule has 3 aromatic rings. The summed E-state index contributed by atoms with van der Waals surface area (Å²) in [6.45, 7) is 0. The van der Waals surface area contributed by atoms with Gasteiger partial charge in [-0.3, -0.25) is 4.79 Å². The molecule has 0 aromatic heterocycles. The molecule has 0 spiro atoms. The number of fused-ring (bicyclic) bond motifs is 1. The maximum absolute atomic E-state index is 12.7. The molecule has 0 saturated heterocycles. The van der Waals surface area contributed by atoms with Crippen molar-refractivity contribution in [1.82, 2.24) is 0 Å². The zero-order valence-electron chi connectivity index (χ0n) is 13.3. The van der Waals surface area contributed by atoms with Gasteiger partial charge in [0, 0.05) is 27.9 Å². The molecule has 0 fully saturated rings. The Bertz CT molecular complexity index is 973. The predicted octanol–water partition coefficient (Wildman–Crippen LogP) is 6.08. The van der Waals surface area contributed by atoms with Gasteiger partial charge >= 0.3 is 6.18 Å². The Balaban J connectivity index is 2.07. The fourth-order valence-corrected chi connectivity index (χ4v) is 2.64. The van der Waals surface area contributed by atoms with Crippen LogP contribution in [0.25, 0.3) is 16.5 Å². The van der Waals surface area contributed by atoms with Gasteiger partial charge in [-0.25, -0.2) is 0 Å². The van der Waals surface area contributed by atoms with Gasteiger partial charge in [-0.1, -0.05) is 60.1 Å². The molecular formula is C20H13ClF3NO. The zero-order chi connectivity index (χ0) is 18.7. The van der Waals surface area contributed by atoms with Crippen LogP contribution in [0, 0.1) is 0 Å². The zero-order valence-corrected chi connectivity index (χ0v) is 14.1. The standard InChI is InChI=1S/C20H13ClF3NO/c21-15-10-8-14(9-11-15)18(12-19(26)20(22,23)24)25-17-7-3-5-13-4-1-2-6-16(13)17/h1-12,25H/b18-12-. The number of carbonyl (C=O) groups excluding carboxylic acids is 1. The molecule has 2 nitrogen and oxygen atoms in total. The van der Waals surface area contributed by atoms with Crippen LogP contribution in [0.1, 0.15) is 5.56 Å². The van der Waals surface area contributed by atoms with Crippen molar-refractivity contribution in [1.29, 1.82) is 0 Å². The lowest BCUT2D eigenvalue weighted by Crippen LogP contribution is -2.21. The highest BCUT2D eigenvalue weighted by Gasteiger charge is 2.37. The molecule has 3 rings (SSSR count). The van der Waals surface area contributed by atoms with E-state index in [2.05, 4.69) is 5.32 Å². The first-order valence-electron chi connectivity index (χ1n) is 7.68. The highest BCUT2D eigenvalue weighted by molar-refractivity contribution is 6.30. The quantitative estimate of drug-likeness (QED) is 0.560. The van der Waals surface area contributed by atoms with Gasteiger partial charge in [-0.15, -0.1) is 0 Å². The lowest BCUT2D eigenvalue weighted by atomic mass is 10.1. The average Bonchev–Trinajstić information content (AvgIpc) is 2.61. The number of anilines is 1. The lowest BCUT2D eigenvalue weighted by molar-refractivity contribution is -0.165. The molecule has 0 radical (unpaired) electrons. The van der Waals surface area contributed by atoms with Crippen molar-refractivity contribution < 1.29 is 18.0 Å². The average molecular weight is 376 g/mol. The maximum atomic E-state index is 12.7. The van der Waals surface area contributed by atoms with Gasteiger partial charge in [0.25, 0.3) is 5.78 Å². The first kappa shape index (κ1) is 18.0. The smallest absolute Gasteiger partial charge is 0.354 e. The van der Waals surface area contributed by atoms with E-state index in [0.29, 0.717) is 22.3 Å². The topological polar surface area (TPSA) is 29.1 Å². The van der Waals surface area contributed by atoms with E-state index < -0.39 is 12.0 Å². The van der Waals surface area contributed by atoms with E-state index in [9.17, 15) is 18.0 Å². The minimum Gasteiger partial charge on any atom is -0.354 e. The number of rotatable bonds is 4. The van der Waals surface area contributed by atoms with Crippen molar-refractivity contribution in [3.8, 4) is 0 Å². The van der Waals surface area contributed by atoms with Crippen molar-refractivity contribution >= 4 is 39.5 Å². The van der Waals surface area contributed by atoms with Gasteiger partial charge in [-0.2, -0.15) is 13.2 Å². The first-order chi connectivity index (χ1) is 12.3. The summed E-state index contributed by atoms with van der Waals surface area (Å²) in [5.74, 6) is -1.94. The van der Waals surface area contributed by atoms with Crippen molar-refractivity contribution in [3.63, 3.8) is 0 Å². The summed E-state index contributed by atoms with van der Waals surface area (Å²) in [6, 6.07) is 19.1. The Morgan fingerprint density at radius 3 is 2.27 bits per heavy atom. The maximum Gasteiger partial charge on any atom is 0.454 e. The van der Waals surface area contributed by atoms with E-state index in [1.807, 2.05) is 30.3 Å². The van der Waals surface area contributed by atoms with Crippen molar-refractivity contribution in [2.24, 2.45) is 0 Å². The second-order valence-corrected chi connectivity index (χ2v) is 6.02. The molecule has 0 unspecified atom stereocenters. The first-order valence-corrected chi connectivity index (χ1v) is 8.06. The van der Waals surface area contributed by atoms with Crippen molar-refractivity contribution in [2.45, 2.75) is 6.18 Å². The molecule has 3 aromatic carbocycles. The van der Waals surface area contributed by atoms with E-state index in [1.54, 1.807) is 36.4 Å². The minimum absolute atomic E-state index is 0.0420. The molecule has 0 bridgehead atoms. The molecule has 0 atom stereocenters. The number of nitrogens with one attached hydrogen (secondary N) is 1. The van der Waals surface area contributed by atoms with Gasteiger partial charge in [0.2, 0.25) is 0 Å². The van der Waals surface area contributed by atoms with Crippen LogP contribution >= 0.6 is 11.6 Å². The summed E-state index contributed by atoms with van der Waals surface area (Å²) in [5, 5.41) is 5.16. The number of allylic oxidation sites excluding steroid dienone is 1. The summed E-state index contributed by atoms with van der Waals surface area (Å²) in [6.07, 6.45) is -4.39. The number of benzene rings is 3. The Kier molecular flexibility index (Phi) is 5.00. The Hall–Kier alpha value is -2.79. The van der Waals surface area contributed by atoms with E-state index >= 15 is 0 Å². The Morgan fingerprint density at radius 2 is 1.58 bits per heavy atom. The summed E-state index contributed by atoms with van der Waals surface area (Å²) < 4.78 is 38.2. The van der Waals surface area contributed by atoms with E-state index in [1.165, 1.54) is 0 Å². The van der Waals surface area contributed by atoms with Gasteiger partial charge in [0.05, 0.1) is 0 Å². The van der Waals surface area contributed by atoms with E-state index in [-0.39, 0.29) is 5.70 Å². The summed E-state index contributed by atoms with van der Waals surface area (Å²) in [7, 11) is 0. The van der Waals surface area contributed by atoms with Crippen LogP contribution in [-0.4, -0.2) is 12.0 Å². The third-order valence-electron chi connectivity index (χ3n) is 3.77. The number of hydrogen-bond donors (Lipinski definition) is 1. The number of carbonyl (C=O) groups is 1. The number of ketones is 1. The van der Waals surface area contributed by atoms with Crippen molar-refractivity contribution in [3.05, 3.63) is 83.4 Å². The van der Waals surface area contributed by atoms with Gasteiger partial charge < -0.3 is 5.32 Å². The SMILES string of the molecule is O=C(/C=C(\Nc1cccc2ccccc12)c1ccc(Cl)cc1)C(F)(F)F. The number of halogens is 4. The van der Waals surface area contributed by atoms with Crippen LogP contribution in [0.5, 0.6) is 0 Å². The van der Waals surface area contributed by atoms with Crippen molar-refractivity contribution in [2.75, 3.05) is 5.32 Å². The highest BCUT2D eigenvalue weighted by atomic mass is 35.5. The normalized spacial score (nSPS) is 12.2. The molecule has 6 heteroatoms. The molecule has 0 aliphatic carbocycles. The fraction of sp³-hybridized carbons (Fsp3) is 0.0500. The highest BCUT2D eigenvalue weighted by Crippen LogP contribution is 2.28. The molecule has 0 aliphatic heterocycles. The monoisotopic (exact) mass is 375 g/mol. The van der Waals surface area contributed by atoms with Gasteiger partial charge in [0.15, 0.2) is 0 Å². The third-order valence-corrected chi connectivity index (χ3v) is 4.02. The van der Waals surface area contributed by atoms with Gasteiger partial charge in [-0.05, 0) is 29.1 Å². The molecule has 0 heterocycles. The number of alkyl halides is 3. The Morgan fingerprint density at radius 1 is 0.923 bits per heavy atom.